The molecule has 108 valence electrons. The molecule has 2 rings (SSSR count). The van der Waals surface area contributed by atoms with E-state index in [1.807, 2.05) is 42.5 Å². The maximum Gasteiger partial charge on any atom is 0.307 e. The quantitative estimate of drug-likeness (QED) is 0.864. The van der Waals surface area contributed by atoms with Crippen LogP contribution in [0.15, 0.2) is 60.7 Å². The van der Waals surface area contributed by atoms with Gasteiger partial charge in [-0.1, -0.05) is 54.6 Å². The Morgan fingerprint density at radius 2 is 1.90 bits per heavy atom. The van der Waals surface area contributed by atoms with Gasteiger partial charge >= 0.3 is 5.97 Å². The molecule has 0 aliphatic heterocycles. The number of carboxylic acid groups (broad SMARTS) is 1. The van der Waals surface area contributed by atoms with Crippen molar-refractivity contribution in [1.82, 2.24) is 0 Å². The van der Waals surface area contributed by atoms with E-state index in [2.05, 4.69) is 0 Å². The summed E-state index contributed by atoms with van der Waals surface area (Å²) >= 11 is 0. The Morgan fingerprint density at radius 1 is 1.14 bits per heavy atom. The molecular weight excluding hydrogens is 267 g/mol. The molecule has 0 fully saturated rings. The highest BCUT2D eigenvalue weighted by molar-refractivity contribution is 5.71. The van der Waals surface area contributed by atoms with E-state index in [1.54, 1.807) is 12.1 Å². The summed E-state index contributed by atoms with van der Waals surface area (Å²) in [5.74, 6) is -1.75. The fraction of sp³-hybridized carbons (Fsp3) is 0.167. The third kappa shape index (κ3) is 4.88. The third-order valence-corrected chi connectivity index (χ3v) is 3.25. The minimum atomic E-state index is -0.864. The topological polar surface area (TPSA) is 37.3 Å². The molecule has 0 aliphatic rings. The molecule has 0 aliphatic carbocycles. The van der Waals surface area contributed by atoms with Gasteiger partial charge in [-0.3, -0.25) is 4.79 Å². The van der Waals surface area contributed by atoms with Gasteiger partial charge in [-0.05, 0) is 36.1 Å². The highest BCUT2D eigenvalue weighted by Gasteiger charge is 2.16. The van der Waals surface area contributed by atoms with Gasteiger partial charge in [0.05, 0.1) is 5.92 Å². The maximum absolute atomic E-state index is 13.1. The first-order valence-electron chi connectivity index (χ1n) is 6.84. The van der Waals surface area contributed by atoms with Crippen LogP contribution in [0, 0.1) is 11.7 Å². The molecular formula is C18H17FO2. The van der Waals surface area contributed by atoms with Crippen LogP contribution < -0.4 is 0 Å². The van der Waals surface area contributed by atoms with Gasteiger partial charge in [-0.15, -0.1) is 0 Å². The van der Waals surface area contributed by atoms with E-state index in [4.69, 9.17) is 0 Å². The molecule has 2 aromatic carbocycles. The van der Waals surface area contributed by atoms with Gasteiger partial charge in [0.2, 0.25) is 0 Å². The zero-order valence-electron chi connectivity index (χ0n) is 11.6. The molecule has 0 bridgehead atoms. The number of carboxylic acids is 1. The van der Waals surface area contributed by atoms with Gasteiger partial charge in [0.1, 0.15) is 5.82 Å². The summed E-state index contributed by atoms with van der Waals surface area (Å²) in [6, 6.07) is 15.8. The second-order valence-electron chi connectivity index (χ2n) is 4.92. The summed E-state index contributed by atoms with van der Waals surface area (Å²) in [7, 11) is 0. The van der Waals surface area contributed by atoms with Crippen LogP contribution in [-0.4, -0.2) is 11.1 Å². The number of carbonyl (C=O) groups is 1. The number of allylic oxidation sites excluding steroid dienone is 1. The Bertz CT molecular complexity index is 620. The Hall–Kier alpha value is -2.42. The van der Waals surface area contributed by atoms with Crippen LogP contribution >= 0.6 is 0 Å². The average Bonchev–Trinajstić information content (AvgIpc) is 2.47. The second kappa shape index (κ2) is 7.39. The van der Waals surface area contributed by atoms with E-state index in [0.29, 0.717) is 18.4 Å². The molecule has 2 nitrogen and oxygen atoms in total. The first kappa shape index (κ1) is 15.0. The van der Waals surface area contributed by atoms with Crippen molar-refractivity contribution in [3.63, 3.8) is 0 Å². The lowest BCUT2D eigenvalue weighted by Crippen LogP contribution is -2.15. The van der Waals surface area contributed by atoms with Gasteiger partial charge in [-0.25, -0.2) is 4.39 Å². The van der Waals surface area contributed by atoms with Crippen molar-refractivity contribution in [1.29, 1.82) is 0 Å². The number of benzene rings is 2. The van der Waals surface area contributed by atoms with Crippen LogP contribution in [0.2, 0.25) is 0 Å². The molecule has 0 saturated carbocycles. The molecule has 0 heterocycles. The molecule has 1 atom stereocenters. The van der Waals surface area contributed by atoms with Crippen molar-refractivity contribution < 1.29 is 14.3 Å². The van der Waals surface area contributed by atoms with E-state index >= 15 is 0 Å². The molecule has 0 amide bonds. The Morgan fingerprint density at radius 3 is 2.57 bits per heavy atom. The zero-order valence-corrected chi connectivity index (χ0v) is 11.6. The van der Waals surface area contributed by atoms with Gasteiger partial charge in [0.15, 0.2) is 0 Å². The molecule has 0 saturated heterocycles. The molecule has 0 spiro atoms. The van der Waals surface area contributed by atoms with Crippen molar-refractivity contribution in [2.24, 2.45) is 5.92 Å². The Labute approximate surface area is 123 Å². The van der Waals surface area contributed by atoms with Crippen molar-refractivity contribution >= 4 is 12.0 Å². The first-order valence-corrected chi connectivity index (χ1v) is 6.84. The molecule has 1 unspecified atom stereocenters. The number of aliphatic carboxylic acids is 1. The number of halogens is 1. The predicted octanol–water partition coefficient (Wildman–Crippen LogP) is 4.17. The monoisotopic (exact) mass is 284 g/mol. The maximum atomic E-state index is 13.1. The van der Waals surface area contributed by atoms with Crippen LogP contribution in [0.3, 0.4) is 0 Å². The molecule has 1 N–H and O–H groups in total. The largest absolute Gasteiger partial charge is 0.481 e. The highest BCUT2D eigenvalue weighted by atomic mass is 19.1. The van der Waals surface area contributed by atoms with Crippen molar-refractivity contribution in [2.45, 2.75) is 12.8 Å². The van der Waals surface area contributed by atoms with E-state index in [1.165, 1.54) is 12.1 Å². The lowest BCUT2D eigenvalue weighted by Gasteiger charge is -2.10. The predicted molar refractivity (Wildman–Crippen MR) is 81.3 cm³/mol. The fourth-order valence-electron chi connectivity index (χ4n) is 2.15. The summed E-state index contributed by atoms with van der Waals surface area (Å²) < 4.78 is 13.1. The van der Waals surface area contributed by atoms with Crippen molar-refractivity contribution in [3.05, 3.63) is 77.6 Å². The van der Waals surface area contributed by atoms with E-state index in [0.717, 1.165) is 5.56 Å². The Balaban J connectivity index is 2.00. The third-order valence-electron chi connectivity index (χ3n) is 3.25. The van der Waals surface area contributed by atoms with Crippen LogP contribution in [0.4, 0.5) is 4.39 Å². The standard InChI is InChI=1S/C18H17FO2/c19-17-11-5-9-15(13-17)12-16(18(20)21)10-4-8-14-6-2-1-3-7-14/h1-9,11,13,16H,10,12H2,(H,20,21). The summed E-state index contributed by atoms with van der Waals surface area (Å²) in [6.07, 6.45) is 4.50. The normalized spacial score (nSPS) is 12.4. The van der Waals surface area contributed by atoms with Gasteiger partial charge in [0.25, 0.3) is 0 Å². The van der Waals surface area contributed by atoms with Gasteiger partial charge in [0, 0.05) is 0 Å². The van der Waals surface area contributed by atoms with Crippen LogP contribution in [0.25, 0.3) is 6.08 Å². The van der Waals surface area contributed by atoms with Crippen molar-refractivity contribution in [2.75, 3.05) is 0 Å². The minimum absolute atomic E-state index is 0.326. The van der Waals surface area contributed by atoms with Crippen LogP contribution in [-0.2, 0) is 11.2 Å². The zero-order chi connectivity index (χ0) is 15.1. The van der Waals surface area contributed by atoms with Crippen molar-refractivity contribution in [3.8, 4) is 0 Å². The lowest BCUT2D eigenvalue weighted by molar-refractivity contribution is -0.141. The molecule has 21 heavy (non-hydrogen) atoms. The summed E-state index contributed by atoms with van der Waals surface area (Å²) in [5.41, 5.74) is 1.74. The molecule has 0 radical (unpaired) electrons. The van der Waals surface area contributed by atoms with E-state index < -0.39 is 11.9 Å². The van der Waals surface area contributed by atoms with Gasteiger partial charge < -0.3 is 5.11 Å². The number of hydrogen-bond donors (Lipinski definition) is 1. The highest BCUT2D eigenvalue weighted by Crippen LogP contribution is 2.15. The van der Waals surface area contributed by atoms with Crippen LogP contribution in [0.1, 0.15) is 17.5 Å². The van der Waals surface area contributed by atoms with Gasteiger partial charge in [-0.2, -0.15) is 0 Å². The first-order chi connectivity index (χ1) is 10.1. The summed E-state index contributed by atoms with van der Waals surface area (Å²) in [5, 5.41) is 9.27. The smallest absolute Gasteiger partial charge is 0.307 e. The summed E-state index contributed by atoms with van der Waals surface area (Å²) in [6.45, 7) is 0. The lowest BCUT2D eigenvalue weighted by atomic mass is 9.96. The molecule has 0 aromatic heterocycles. The molecule has 3 heteroatoms. The molecule has 2 aromatic rings. The average molecular weight is 284 g/mol. The number of hydrogen-bond acceptors (Lipinski definition) is 1. The summed E-state index contributed by atoms with van der Waals surface area (Å²) in [4.78, 5) is 11.3. The SMILES string of the molecule is O=C(O)C(CC=Cc1ccccc1)Cc1cccc(F)c1. The van der Waals surface area contributed by atoms with Crippen LogP contribution in [0.5, 0.6) is 0 Å². The van der Waals surface area contributed by atoms with E-state index in [9.17, 15) is 14.3 Å². The second-order valence-corrected chi connectivity index (χ2v) is 4.92. The van der Waals surface area contributed by atoms with E-state index in [-0.39, 0.29) is 5.82 Å². The number of rotatable bonds is 6. The Kier molecular flexibility index (Phi) is 5.27. The fourth-order valence-corrected chi connectivity index (χ4v) is 2.15. The minimum Gasteiger partial charge on any atom is -0.481 e.